The number of benzene rings is 1. The molecule has 1 rings (SSSR count). The molecule has 1 aromatic rings. The van der Waals surface area contributed by atoms with Gasteiger partial charge in [0.1, 0.15) is 12.4 Å². The highest BCUT2D eigenvalue weighted by molar-refractivity contribution is 5.87. The van der Waals surface area contributed by atoms with Gasteiger partial charge in [-0.3, -0.25) is 9.59 Å². The molecule has 0 spiro atoms. The number of esters is 1. The molecule has 142 valence electrons. The first-order valence-electron chi connectivity index (χ1n) is 8.79. The van der Waals surface area contributed by atoms with E-state index in [1.807, 2.05) is 31.2 Å². The second-order valence-electron chi connectivity index (χ2n) is 6.20. The number of Topliss-reactive ketones (excluding diaryl/α,β-unsaturated/α-hetero) is 1. The lowest BCUT2D eigenvalue weighted by molar-refractivity contribution is -0.143. The van der Waals surface area contributed by atoms with Crippen LogP contribution in [-0.4, -0.2) is 44.8 Å². The van der Waals surface area contributed by atoms with Gasteiger partial charge < -0.3 is 14.2 Å². The molecule has 5 heteroatoms. The molecule has 26 heavy (non-hydrogen) atoms. The van der Waals surface area contributed by atoms with Crippen LogP contribution in [0.15, 0.2) is 24.3 Å². The minimum Gasteiger partial charge on any atom is -0.466 e. The zero-order valence-corrected chi connectivity index (χ0v) is 15.9. The Hall–Kier alpha value is -2.16. The van der Waals surface area contributed by atoms with E-state index in [0.29, 0.717) is 32.7 Å². The van der Waals surface area contributed by atoms with Crippen LogP contribution in [0.2, 0.25) is 0 Å². The van der Waals surface area contributed by atoms with Gasteiger partial charge in [0.15, 0.2) is 0 Å². The monoisotopic (exact) mass is 360 g/mol. The summed E-state index contributed by atoms with van der Waals surface area (Å²) in [5.41, 5.74) is 1.10. The largest absolute Gasteiger partial charge is 0.466 e. The molecule has 5 nitrogen and oxygen atoms in total. The van der Waals surface area contributed by atoms with Crippen molar-refractivity contribution in [1.29, 1.82) is 0 Å². The molecule has 0 saturated heterocycles. The van der Waals surface area contributed by atoms with E-state index < -0.39 is 5.41 Å². The summed E-state index contributed by atoms with van der Waals surface area (Å²) in [6, 6.07) is 7.71. The Morgan fingerprint density at radius 3 is 2.62 bits per heavy atom. The smallest absolute Gasteiger partial charge is 0.306 e. The molecule has 0 N–H and O–H groups in total. The summed E-state index contributed by atoms with van der Waals surface area (Å²) in [6.45, 7) is 6.84. The Morgan fingerprint density at radius 1 is 1.23 bits per heavy atom. The molecule has 0 aliphatic carbocycles. The maximum absolute atomic E-state index is 12.3. The molecule has 0 aliphatic rings. The van der Waals surface area contributed by atoms with Crippen molar-refractivity contribution >= 4 is 11.8 Å². The molecule has 0 aromatic heterocycles. The Labute approximate surface area is 156 Å². The molecule has 0 bridgehead atoms. The van der Waals surface area contributed by atoms with Crippen LogP contribution in [0.25, 0.3) is 0 Å². The van der Waals surface area contributed by atoms with Gasteiger partial charge in [0, 0.05) is 6.42 Å². The number of ketones is 1. The molecular weight excluding hydrogens is 332 g/mol. The normalized spacial score (nSPS) is 12.8. The van der Waals surface area contributed by atoms with Crippen molar-refractivity contribution in [3.05, 3.63) is 35.4 Å². The highest BCUT2D eigenvalue weighted by Crippen LogP contribution is 2.27. The highest BCUT2D eigenvalue weighted by atomic mass is 16.5. The fourth-order valence-electron chi connectivity index (χ4n) is 2.46. The van der Waals surface area contributed by atoms with Crippen LogP contribution in [-0.2, 0) is 35.6 Å². The van der Waals surface area contributed by atoms with Crippen LogP contribution >= 0.6 is 0 Å². The molecule has 0 aliphatic heterocycles. The quantitative estimate of drug-likeness (QED) is 0.326. The average molecular weight is 360 g/mol. The maximum atomic E-state index is 12.3. The predicted octanol–water partition coefficient (Wildman–Crippen LogP) is 2.70. The van der Waals surface area contributed by atoms with E-state index in [-0.39, 0.29) is 25.0 Å². The van der Waals surface area contributed by atoms with Crippen molar-refractivity contribution in [2.24, 2.45) is 0 Å². The van der Waals surface area contributed by atoms with Crippen molar-refractivity contribution in [3.8, 4) is 12.3 Å². The van der Waals surface area contributed by atoms with Gasteiger partial charge in [-0.15, -0.1) is 6.42 Å². The van der Waals surface area contributed by atoms with Crippen LogP contribution in [0.3, 0.4) is 0 Å². The average Bonchev–Trinajstić information content (AvgIpc) is 2.63. The molecule has 0 saturated carbocycles. The minimum absolute atomic E-state index is 0.0181. The molecule has 1 aromatic carbocycles. The third kappa shape index (κ3) is 6.99. The van der Waals surface area contributed by atoms with Crippen molar-refractivity contribution in [2.45, 2.75) is 39.0 Å². The first-order chi connectivity index (χ1) is 12.4. The number of carbonyl (C=O) groups excluding carboxylic acids is 2. The summed E-state index contributed by atoms with van der Waals surface area (Å²) in [5, 5.41) is 0. The number of carbonyl (C=O) groups is 2. The summed E-state index contributed by atoms with van der Waals surface area (Å²) < 4.78 is 15.8. The summed E-state index contributed by atoms with van der Waals surface area (Å²) in [6.07, 6.45) is 6.00. The number of terminal acetylenes is 1. The molecule has 0 fully saturated rings. The van der Waals surface area contributed by atoms with Crippen molar-refractivity contribution < 1.29 is 23.8 Å². The standard InChI is InChI=1S/C21H28O5/c1-5-12-24-13-14-25-16-21(4,17(3)22)19-9-7-8-18(15-19)10-11-20(23)26-6-2/h1,7-9,15H,6,10-14,16H2,2-4H3. The Morgan fingerprint density at radius 2 is 1.96 bits per heavy atom. The fraction of sp³-hybridized carbons (Fsp3) is 0.524. The van der Waals surface area contributed by atoms with Gasteiger partial charge >= 0.3 is 5.97 Å². The molecule has 1 unspecified atom stereocenters. The maximum Gasteiger partial charge on any atom is 0.306 e. The van der Waals surface area contributed by atoms with Gasteiger partial charge in [-0.25, -0.2) is 0 Å². The van der Waals surface area contributed by atoms with Crippen LogP contribution in [0.4, 0.5) is 0 Å². The summed E-state index contributed by atoms with van der Waals surface area (Å²) in [4.78, 5) is 23.8. The number of hydrogen-bond donors (Lipinski definition) is 0. The molecule has 1 atom stereocenters. The third-order valence-corrected chi connectivity index (χ3v) is 4.21. The van der Waals surface area contributed by atoms with E-state index in [2.05, 4.69) is 5.92 Å². The van der Waals surface area contributed by atoms with Crippen LogP contribution in [0.5, 0.6) is 0 Å². The van der Waals surface area contributed by atoms with Gasteiger partial charge in [-0.05, 0) is 38.3 Å². The van der Waals surface area contributed by atoms with Crippen LogP contribution < -0.4 is 0 Å². The van der Waals surface area contributed by atoms with Crippen LogP contribution in [0, 0.1) is 12.3 Å². The van der Waals surface area contributed by atoms with E-state index in [1.165, 1.54) is 0 Å². The topological polar surface area (TPSA) is 61.8 Å². The van der Waals surface area contributed by atoms with E-state index in [9.17, 15) is 9.59 Å². The number of ether oxygens (including phenoxy) is 3. The van der Waals surface area contributed by atoms with Gasteiger partial charge in [-0.2, -0.15) is 0 Å². The van der Waals surface area contributed by atoms with Crippen molar-refractivity contribution in [1.82, 2.24) is 0 Å². The van der Waals surface area contributed by atoms with Gasteiger partial charge in [0.2, 0.25) is 0 Å². The van der Waals surface area contributed by atoms with Crippen molar-refractivity contribution in [2.75, 3.05) is 33.0 Å². The van der Waals surface area contributed by atoms with E-state index in [1.54, 1.807) is 13.8 Å². The SMILES string of the molecule is C#CCOCCOCC(C)(C(C)=O)c1cccc(CCC(=O)OCC)c1. The van der Waals surface area contributed by atoms with Gasteiger partial charge in [-0.1, -0.05) is 30.2 Å². The lowest BCUT2D eigenvalue weighted by Crippen LogP contribution is -2.36. The van der Waals surface area contributed by atoms with Crippen molar-refractivity contribution in [3.63, 3.8) is 0 Å². The minimum atomic E-state index is -0.758. The summed E-state index contributed by atoms with van der Waals surface area (Å²) in [5.74, 6) is 2.19. The lowest BCUT2D eigenvalue weighted by Gasteiger charge is -2.27. The second-order valence-corrected chi connectivity index (χ2v) is 6.20. The Kier molecular flexibility index (Phi) is 9.64. The molecule has 0 radical (unpaired) electrons. The molecule has 0 heterocycles. The summed E-state index contributed by atoms with van der Waals surface area (Å²) in [7, 11) is 0. The Balaban J connectivity index is 2.73. The van der Waals surface area contributed by atoms with E-state index in [4.69, 9.17) is 20.6 Å². The van der Waals surface area contributed by atoms with Gasteiger partial charge in [0.05, 0.1) is 31.8 Å². The fourth-order valence-corrected chi connectivity index (χ4v) is 2.46. The Bertz CT molecular complexity index is 632. The zero-order chi connectivity index (χ0) is 19.4. The first-order valence-corrected chi connectivity index (χ1v) is 8.79. The van der Waals surface area contributed by atoms with Crippen LogP contribution in [0.1, 0.15) is 38.3 Å². The summed E-state index contributed by atoms with van der Waals surface area (Å²) >= 11 is 0. The first kappa shape index (κ1) is 21.9. The van der Waals surface area contributed by atoms with Gasteiger partial charge in [0.25, 0.3) is 0 Å². The second kappa shape index (κ2) is 11.5. The van der Waals surface area contributed by atoms with E-state index >= 15 is 0 Å². The molecular formula is C21H28O5. The third-order valence-electron chi connectivity index (χ3n) is 4.21. The number of aryl methyl sites for hydroxylation is 1. The zero-order valence-electron chi connectivity index (χ0n) is 15.9. The predicted molar refractivity (Wildman–Crippen MR) is 99.9 cm³/mol. The lowest BCUT2D eigenvalue weighted by atomic mass is 9.79. The van der Waals surface area contributed by atoms with E-state index in [0.717, 1.165) is 11.1 Å². The molecule has 0 amide bonds. The number of rotatable bonds is 12. The number of hydrogen-bond acceptors (Lipinski definition) is 5. The highest BCUT2D eigenvalue weighted by Gasteiger charge is 2.32.